The minimum atomic E-state index is -3.57. The third-order valence-corrected chi connectivity index (χ3v) is 4.85. The van der Waals surface area contributed by atoms with Crippen LogP contribution in [-0.2, 0) is 24.3 Å². The zero-order valence-corrected chi connectivity index (χ0v) is 12.7. The van der Waals surface area contributed by atoms with Crippen LogP contribution in [0.1, 0.15) is 26.2 Å². The maximum atomic E-state index is 12.0. The number of sulfonamides is 1. The minimum absolute atomic E-state index is 0.0793. The fourth-order valence-corrected chi connectivity index (χ4v) is 3.38. The van der Waals surface area contributed by atoms with Crippen LogP contribution in [-0.4, -0.2) is 63.4 Å². The highest BCUT2D eigenvalue weighted by Crippen LogP contribution is 2.17. The van der Waals surface area contributed by atoms with Crippen molar-refractivity contribution < 1.29 is 22.7 Å². The van der Waals surface area contributed by atoms with Gasteiger partial charge in [-0.25, -0.2) is 12.7 Å². The Labute approximate surface area is 120 Å². The lowest BCUT2D eigenvalue weighted by Gasteiger charge is -2.30. The van der Waals surface area contributed by atoms with E-state index in [0.29, 0.717) is 39.1 Å². The second-order valence-corrected chi connectivity index (χ2v) is 6.64. The number of ether oxygens (including phenoxy) is 2. The molecule has 0 amide bonds. The van der Waals surface area contributed by atoms with E-state index in [1.807, 2.05) is 0 Å². The average Bonchev–Trinajstić information content (AvgIpc) is 2.39. The van der Waals surface area contributed by atoms with Crippen LogP contribution in [0, 0.1) is 0 Å². The van der Waals surface area contributed by atoms with Gasteiger partial charge in [-0.3, -0.25) is 4.79 Å². The number of piperidine rings is 1. The zero-order chi connectivity index (χ0) is 15.0. The molecule has 0 aromatic carbocycles. The molecule has 1 fully saturated rings. The van der Waals surface area contributed by atoms with Crippen molar-refractivity contribution in [2.45, 2.75) is 32.3 Å². The molecule has 0 atom stereocenters. The van der Waals surface area contributed by atoms with Gasteiger partial charge in [0.15, 0.2) is 5.75 Å². The molecule has 1 heterocycles. The normalized spacial score (nSPS) is 18.1. The van der Waals surface area contributed by atoms with Crippen molar-refractivity contribution in [2.24, 2.45) is 5.73 Å². The third-order valence-electron chi connectivity index (χ3n) is 3.10. The highest BCUT2D eigenvalue weighted by Gasteiger charge is 2.30. The van der Waals surface area contributed by atoms with Gasteiger partial charge in [0.25, 0.3) is 0 Å². The molecule has 0 bridgehead atoms. The molecular weight excluding hydrogens is 284 g/mol. The summed E-state index contributed by atoms with van der Waals surface area (Å²) in [6.45, 7) is 3.80. The lowest BCUT2D eigenvalue weighted by Crippen LogP contribution is -2.43. The van der Waals surface area contributed by atoms with Crippen LogP contribution < -0.4 is 5.73 Å². The first kappa shape index (κ1) is 17.4. The number of carbonyl (C=O) groups excluding carboxylic acids is 1. The summed E-state index contributed by atoms with van der Waals surface area (Å²) in [6, 6.07) is 0. The number of rotatable bonds is 8. The highest BCUT2D eigenvalue weighted by molar-refractivity contribution is 7.89. The number of carbonyl (C=O) groups is 1. The molecule has 0 aliphatic carbocycles. The molecule has 1 aliphatic heterocycles. The third kappa shape index (κ3) is 5.74. The standard InChI is InChI=1S/C12H24N2O5S/c1-2-18-12(15)10-20(16,17)14-7-4-11(5-8-14)19-9-3-6-13/h11H,2-10,13H2,1H3. The van der Waals surface area contributed by atoms with E-state index in [9.17, 15) is 13.2 Å². The van der Waals surface area contributed by atoms with Crippen LogP contribution in [0.25, 0.3) is 0 Å². The van der Waals surface area contributed by atoms with Gasteiger partial charge >= 0.3 is 5.97 Å². The van der Waals surface area contributed by atoms with Crippen molar-refractivity contribution in [2.75, 3.05) is 38.6 Å². The zero-order valence-electron chi connectivity index (χ0n) is 11.9. The molecule has 0 saturated carbocycles. The van der Waals surface area contributed by atoms with Gasteiger partial charge in [0, 0.05) is 19.7 Å². The first-order valence-electron chi connectivity index (χ1n) is 6.94. The van der Waals surface area contributed by atoms with Gasteiger partial charge in [-0.15, -0.1) is 0 Å². The largest absolute Gasteiger partial charge is 0.465 e. The van der Waals surface area contributed by atoms with Crippen LogP contribution >= 0.6 is 0 Å². The van der Waals surface area contributed by atoms with Gasteiger partial charge in [0.2, 0.25) is 10.0 Å². The predicted octanol–water partition coefficient (Wildman–Crippen LogP) is -0.291. The van der Waals surface area contributed by atoms with E-state index in [-0.39, 0.29) is 12.7 Å². The summed E-state index contributed by atoms with van der Waals surface area (Å²) in [5, 5.41) is 0. The van der Waals surface area contributed by atoms with Crippen molar-refractivity contribution >= 4 is 16.0 Å². The number of nitrogens with two attached hydrogens (primary N) is 1. The Bertz CT molecular complexity index is 391. The molecule has 1 aliphatic rings. The molecule has 2 N–H and O–H groups in total. The van der Waals surface area contributed by atoms with Gasteiger partial charge in [-0.2, -0.15) is 0 Å². The van der Waals surface area contributed by atoms with Crippen molar-refractivity contribution in [3.8, 4) is 0 Å². The van der Waals surface area contributed by atoms with Gasteiger partial charge in [-0.05, 0) is 32.7 Å². The van der Waals surface area contributed by atoms with Crippen LogP contribution in [0.5, 0.6) is 0 Å². The summed E-state index contributed by atoms with van der Waals surface area (Å²) in [5.41, 5.74) is 5.38. The molecule has 0 radical (unpaired) electrons. The lowest BCUT2D eigenvalue weighted by molar-refractivity contribution is -0.140. The molecule has 20 heavy (non-hydrogen) atoms. The summed E-state index contributed by atoms with van der Waals surface area (Å²) in [7, 11) is -3.57. The molecule has 118 valence electrons. The fourth-order valence-electron chi connectivity index (χ4n) is 2.05. The smallest absolute Gasteiger partial charge is 0.322 e. The maximum Gasteiger partial charge on any atom is 0.322 e. The molecule has 0 unspecified atom stereocenters. The molecule has 0 spiro atoms. The predicted molar refractivity (Wildman–Crippen MR) is 74.6 cm³/mol. The molecule has 0 aromatic heterocycles. The summed E-state index contributed by atoms with van der Waals surface area (Å²) in [6.07, 6.45) is 2.18. The molecular formula is C12H24N2O5S. The highest BCUT2D eigenvalue weighted by atomic mass is 32.2. The lowest BCUT2D eigenvalue weighted by atomic mass is 10.1. The Balaban J connectivity index is 2.38. The van der Waals surface area contributed by atoms with Gasteiger partial charge in [0.1, 0.15) is 0 Å². The Morgan fingerprint density at radius 2 is 2.00 bits per heavy atom. The first-order valence-corrected chi connectivity index (χ1v) is 8.55. The monoisotopic (exact) mass is 308 g/mol. The van der Waals surface area contributed by atoms with Crippen LogP contribution in [0.4, 0.5) is 0 Å². The van der Waals surface area contributed by atoms with Crippen molar-refractivity contribution in [3.63, 3.8) is 0 Å². The van der Waals surface area contributed by atoms with Gasteiger partial charge in [-0.1, -0.05) is 0 Å². The Hall–Kier alpha value is -0.700. The number of esters is 1. The van der Waals surface area contributed by atoms with Crippen LogP contribution in [0.2, 0.25) is 0 Å². The van der Waals surface area contributed by atoms with E-state index in [1.54, 1.807) is 6.92 Å². The van der Waals surface area contributed by atoms with Gasteiger partial charge < -0.3 is 15.2 Å². The van der Waals surface area contributed by atoms with E-state index in [4.69, 9.17) is 10.5 Å². The Morgan fingerprint density at radius 1 is 1.35 bits per heavy atom. The summed E-state index contributed by atoms with van der Waals surface area (Å²) in [5.74, 6) is -1.28. The fraction of sp³-hybridized carbons (Fsp3) is 0.917. The average molecular weight is 308 g/mol. The molecule has 1 rings (SSSR count). The quantitative estimate of drug-likeness (QED) is 0.488. The van der Waals surface area contributed by atoms with Gasteiger partial charge in [0.05, 0.1) is 12.7 Å². The topological polar surface area (TPSA) is 98.9 Å². The van der Waals surface area contributed by atoms with Crippen molar-refractivity contribution in [1.82, 2.24) is 4.31 Å². The minimum Gasteiger partial charge on any atom is -0.465 e. The second-order valence-electron chi connectivity index (χ2n) is 4.67. The van der Waals surface area contributed by atoms with E-state index in [1.165, 1.54) is 4.31 Å². The summed E-state index contributed by atoms with van der Waals surface area (Å²) < 4.78 is 35.6. The molecule has 8 heteroatoms. The van der Waals surface area contributed by atoms with Crippen LogP contribution in [0.3, 0.4) is 0 Å². The molecule has 1 saturated heterocycles. The SMILES string of the molecule is CCOC(=O)CS(=O)(=O)N1CCC(OCCCN)CC1. The van der Waals surface area contributed by atoms with Crippen molar-refractivity contribution in [3.05, 3.63) is 0 Å². The number of hydrogen-bond acceptors (Lipinski definition) is 6. The first-order chi connectivity index (χ1) is 9.49. The number of hydrogen-bond donors (Lipinski definition) is 1. The van der Waals surface area contributed by atoms with E-state index < -0.39 is 21.7 Å². The summed E-state index contributed by atoms with van der Waals surface area (Å²) >= 11 is 0. The molecule has 7 nitrogen and oxygen atoms in total. The number of nitrogens with zero attached hydrogens (tertiary/aromatic N) is 1. The Morgan fingerprint density at radius 3 is 2.55 bits per heavy atom. The van der Waals surface area contributed by atoms with E-state index in [2.05, 4.69) is 4.74 Å². The van der Waals surface area contributed by atoms with E-state index in [0.717, 1.165) is 6.42 Å². The second kappa shape index (κ2) is 8.56. The Kier molecular flexibility index (Phi) is 7.42. The van der Waals surface area contributed by atoms with Crippen LogP contribution in [0.15, 0.2) is 0 Å². The summed E-state index contributed by atoms with van der Waals surface area (Å²) in [4.78, 5) is 11.3. The molecule has 0 aromatic rings. The van der Waals surface area contributed by atoms with Crippen molar-refractivity contribution in [1.29, 1.82) is 0 Å². The maximum absolute atomic E-state index is 12.0. The van der Waals surface area contributed by atoms with E-state index >= 15 is 0 Å².